The molecule has 1 amide bonds. The molecule has 0 aliphatic heterocycles. The van der Waals surface area contributed by atoms with Gasteiger partial charge in [0.2, 0.25) is 0 Å². The molecule has 0 spiro atoms. The Balaban J connectivity index is 1.57. The van der Waals surface area contributed by atoms with E-state index in [1.54, 1.807) is 47.3 Å². The van der Waals surface area contributed by atoms with Crippen molar-refractivity contribution in [2.24, 2.45) is 0 Å². The Labute approximate surface area is 143 Å². The van der Waals surface area contributed by atoms with Crippen molar-refractivity contribution in [3.63, 3.8) is 0 Å². The second-order valence-electron chi connectivity index (χ2n) is 5.38. The van der Waals surface area contributed by atoms with Gasteiger partial charge in [-0.2, -0.15) is 0 Å². The van der Waals surface area contributed by atoms with Crippen molar-refractivity contribution in [1.82, 2.24) is 20.3 Å². The summed E-state index contributed by atoms with van der Waals surface area (Å²) in [6.07, 6.45) is 1.73. The minimum Gasteiger partial charge on any atom is -0.346 e. The van der Waals surface area contributed by atoms with Gasteiger partial charge in [-0.3, -0.25) is 14.9 Å². The minimum atomic E-state index is -0.438. The van der Waals surface area contributed by atoms with E-state index in [1.807, 2.05) is 6.07 Å². The number of hydrogen-bond acceptors (Lipinski definition) is 5. The van der Waals surface area contributed by atoms with Crippen LogP contribution in [0.1, 0.15) is 21.6 Å². The number of carbonyl (C=O) groups excluding carboxylic acids is 1. The van der Waals surface area contributed by atoms with E-state index < -0.39 is 4.92 Å². The molecule has 0 aliphatic rings. The maximum absolute atomic E-state index is 12.0. The van der Waals surface area contributed by atoms with Crippen molar-refractivity contribution in [1.29, 1.82) is 0 Å². The van der Waals surface area contributed by atoms with Gasteiger partial charge in [-0.05, 0) is 17.7 Å². The number of rotatable bonds is 6. The molecule has 0 unspecified atom stereocenters. The van der Waals surface area contributed by atoms with Crippen molar-refractivity contribution in [2.75, 3.05) is 0 Å². The second kappa shape index (κ2) is 7.35. The molecule has 1 heterocycles. The smallest absolute Gasteiger partial charge is 0.269 e. The molecular formula is C17H15N5O3. The Morgan fingerprint density at radius 2 is 1.84 bits per heavy atom. The summed E-state index contributed by atoms with van der Waals surface area (Å²) in [6, 6.07) is 15.2. The van der Waals surface area contributed by atoms with Crippen LogP contribution in [0.15, 0.2) is 60.8 Å². The SMILES string of the molecule is O=C(NCc1cn(Cc2ccc([N+](=O)[O-])cc2)nn1)c1ccccc1. The molecule has 0 saturated carbocycles. The maximum atomic E-state index is 12.0. The van der Waals surface area contributed by atoms with Crippen LogP contribution in [0, 0.1) is 10.1 Å². The van der Waals surface area contributed by atoms with Crippen LogP contribution in [0.4, 0.5) is 5.69 Å². The van der Waals surface area contributed by atoms with Gasteiger partial charge in [-0.25, -0.2) is 4.68 Å². The Bertz CT molecular complexity index is 875. The molecule has 25 heavy (non-hydrogen) atoms. The van der Waals surface area contributed by atoms with Crippen LogP contribution in [0.5, 0.6) is 0 Å². The van der Waals surface area contributed by atoms with Gasteiger partial charge in [0.05, 0.1) is 24.2 Å². The van der Waals surface area contributed by atoms with Crippen molar-refractivity contribution in [2.45, 2.75) is 13.1 Å². The fraction of sp³-hybridized carbons (Fsp3) is 0.118. The van der Waals surface area contributed by atoms with Crippen molar-refractivity contribution >= 4 is 11.6 Å². The Kier molecular flexibility index (Phi) is 4.79. The fourth-order valence-electron chi connectivity index (χ4n) is 2.27. The van der Waals surface area contributed by atoms with E-state index in [1.165, 1.54) is 12.1 Å². The van der Waals surface area contributed by atoms with E-state index in [4.69, 9.17) is 0 Å². The monoisotopic (exact) mass is 337 g/mol. The lowest BCUT2D eigenvalue weighted by molar-refractivity contribution is -0.384. The molecule has 8 nitrogen and oxygen atoms in total. The summed E-state index contributed by atoms with van der Waals surface area (Å²) in [4.78, 5) is 22.2. The number of carbonyl (C=O) groups is 1. The van der Waals surface area contributed by atoms with E-state index in [0.29, 0.717) is 17.8 Å². The van der Waals surface area contributed by atoms with Gasteiger partial charge in [0.15, 0.2) is 0 Å². The van der Waals surface area contributed by atoms with Gasteiger partial charge in [-0.15, -0.1) is 5.10 Å². The number of nitro groups is 1. The largest absolute Gasteiger partial charge is 0.346 e. The average molecular weight is 337 g/mol. The zero-order chi connectivity index (χ0) is 17.6. The quantitative estimate of drug-likeness (QED) is 0.548. The van der Waals surface area contributed by atoms with Crippen LogP contribution in [0.3, 0.4) is 0 Å². The number of benzene rings is 2. The van der Waals surface area contributed by atoms with Crippen molar-refractivity contribution in [3.05, 3.63) is 87.7 Å². The van der Waals surface area contributed by atoms with Gasteiger partial charge in [0.25, 0.3) is 11.6 Å². The van der Waals surface area contributed by atoms with Crippen LogP contribution in [-0.2, 0) is 13.1 Å². The third-order valence-electron chi connectivity index (χ3n) is 3.54. The Morgan fingerprint density at radius 1 is 1.12 bits per heavy atom. The molecule has 0 atom stereocenters. The standard InChI is InChI=1S/C17H15N5O3/c23-17(14-4-2-1-3-5-14)18-10-15-12-21(20-19-15)11-13-6-8-16(9-7-13)22(24)25/h1-9,12H,10-11H2,(H,18,23). The van der Waals surface area contributed by atoms with E-state index in [9.17, 15) is 14.9 Å². The van der Waals surface area contributed by atoms with Gasteiger partial charge >= 0.3 is 0 Å². The number of non-ortho nitro benzene ring substituents is 1. The molecule has 8 heteroatoms. The molecule has 2 aromatic carbocycles. The molecule has 0 fully saturated rings. The normalized spacial score (nSPS) is 10.4. The van der Waals surface area contributed by atoms with Crippen LogP contribution in [0.25, 0.3) is 0 Å². The van der Waals surface area contributed by atoms with Crippen LogP contribution < -0.4 is 5.32 Å². The summed E-state index contributed by atoms with van der Waals surface area (Å²) < 4.78 is 1.62. The molecule has 1 N–H and O–H groups in total. The van der Waals surface area contributed by atoms with Gasteiger partial charge < -0.3 is 5.32 Å². The van der Waals surface area contributed by atoms with E-state index >= 15 is 0 Å². The average Bonchev–Trinajstić information content (AvgIpc) is 3.08. The highest BCUT2D eigenvalue weighted by molar-refractivity contribution is 5.93. The van der Waals surface area contributed by atoms with E-state index in [0.717, 1.165) is 5.56 Å². The first-order valence-corrected chi connectivity index (χ1v) is 7.57. The lowest BCUT2D eigenvalue weighted by Crippen LogP contribution is -2.22. The minimum absolute atomic E-state index is 0.0478. The lowest BCUT2D eigenvalue weighted by atomic mass is 10.2. The molecule has 1 aromatic heterocycles. The van der Waals surface area contributed by atoms with Crippen molar-refractivity contribution in [3.8, 4) is 0 Å². The first kappa shape index (κ1) is 16.3. The predicted octanol–water partition coefficient (Wildman–Crippen LogP) is 2.16. The molecule has 0 radical (unpaired) electrons. The molecule has 126 valence electrons. The third-order valence-corrected chi connectivity index (χ3v) is 3.54. The molecular weight excluding hydrogens is 322 g/mol. The molecule has 0 bridgehead atoms. The first-order chi connectivity index (χ1) is 12.1. The molecule has 3 rings (SSSR count). The maximum Gasteiger partial charge on any atom is 0.269 e. The zero-order valence-electron chi connectivity index (χ0n) is 13.2. The number of nitrogens with zero attached hydrogens (tertiary/aromatic N) is 4. The summed E-state index contributed by atoms with van der Waals surface area (Å²) in [7, 11) is 0. The highest BCUT2D eigenvalue weighted by Gasteiger charge is 2.08. The van der Waals surface area contributed by atoms with Gasteiger partial charge in [0, 0.05) is 17.7 Å². The summed E-state index contributed by atoms with van der Waals surface area (Å²) in [5.41, 5.74) is 2.13. The van der Waals surface area contributed by atoms with Crippen LogP contribution >= 0.6 is 0 Å². The fourth-order valence-corrected chi connectivity index (χ4v) is 2.27. The van der Waals surface area contributed by atoms with Crippen molar-refractivity contribution < 1.29 is 9.72 Å². The number of amides is 1. The molecule has 0 saturated heterocycles. The summed E-state index contributed by atoms with van der Waals surface area (Å²) in [6.45, 7) is 0.714. The second-order valence-corrected chi connectivity index (χ2v) is 5.38. The third kappa shape index (κ3) is 4.25. The number of nitro benzene ring substituents is 1. The highest BCUT2D eigenvalue weighted by Crippen LogP contribution is 2.12. The van der Waals surface area contributed by atoms with E-state index in [2.05, 4.69) is 15.6 Å². The number of hydrogen-bond donors (Lipinski definition) is 1. The number of nitrogens with one attached hydrogen (secondary N) is 1. The van der Waals surface area contributed by atoms with Crippen LogP contribution in [0.2, 0.25) is 0 Å². The summed E-state index contributed by atoms with van der Waals surface area (Å²) in [5, 5.41) is 21.4. The predicted molar refractivity (Wildman–Crippen MR) is 89.8 cm³/mol. The van der Waals surface area contributed by atoms with Gasteiger partial charge in [0.1, 0.15) is 5.69 Å². The van der Waals surface area contributed by atoms with Crippen LogP contribution in [-0.4, -0.2) is 25.8 Å². The molecule has 0 aliphatic carbocycles. The molecule has 3 aromatic rings. The first-order valence-electron chi connectivity index (χ1n) is 7.57. The Hall–Kier alpha value is -3.55. The topological polar surface area (TPSA) is 103 Å². The summed E-state index contributed by atoms with van der Waals surface area (Å²) in [5.74, 6) is -0.175. The number of aromatic nitrogens is 3. The summed E-state index contributed by atoms with van der Waals surface area (Å²) >= 11 is 0. The highest BCUT2D eigenvalue weighted by atomic mass is 16.6. The lowest BCUT2D eigenvalue weighted by Gasteiger charge is -2.02. The van der Waals surface area contributed by atoms with Gasteiger partial charge in [-0.1, -0.05) is 35.5 Å². The van der Waals surface area contributed by atoms with E-state index in [-0.39, 0.29) is 18.1 Å². The zero-order valence-corrected chi connectivity index (χ0v) is 13.2. The Morgan fingerprint density at radius 3 is 2.52 bits per heavy atom.